The van der Waals surface area contributed by atoms with Gasteiger partial charge in [0.1, 0.15) is 5.82 Å². The van der Waals surface area contributed by atoms with Crippen molar-refractivity contribution in [2.24, 2.45) is 0 Å². The van der Waals surface area contributed by atoms with Crippen LogP contribution in [0.2, 0.25) is 0 Å². The van der Waals surface area contributed by atoms with Gasteiger partial charge in [-0.25, -0.2) is 12.8 Å². The summed E-state index contributed by atoms with van der Waals surface area (Å²) in [5, 5.41) is 14.2. The number of benzene rings is 1. The third-order valence-electron chi connectivity index (χ3n) is 5.82. The molecule has 2 aromatic rings. The molecule has 28 heavy (non-hydrogen) atoms. The average molecular weight is 409 g/mol. The number of anilines is 1. The Morgan fingerprint density at radius 3 is 2.68 bits per heavy atom. The Bertz CT molecular complexity index is 912. The minimum atomic E-state index is -3.31. The fourth-order valence-electron chi connectivity index (χ4n) is 4.12. The molecule has 2 aliphatic heterocycles. The molecule has 0 amide bonds. The first kappa shape index (κ1) is 19.3. The molecule has 0 spiro atoms. The van der Waals surface area contributed by atoms with Gasteiger partial charge in [-0.3, -0.25) is 0 Å². The lowest BCUT2D eigenvalue weighted by molar-refractivity contribution is 0.293. The maximum atomic E-state index is 14.8. The van der Waals surface area contributed by atoms with E-state index in [2.05, 4.69) is 25.5 Å². The number of piperidine rings is 1. The number of rotatable bonds is 4. The highest BCUT2D eigenvalue weighted by Crippen LogP contribution is 2.30. The molecule has 3 heterocycles. The van der Waals surface area contributed by atoms with E-state index >= 15 is 0 Å². The molecule has 1 atom stereocenters. The van der Waals surface area contributed by atoms with Crippen molar-refractivity contribution in [3.63, 3.8) is 0 Å². The molecule has 10 heteroatoms. The number of nitrogens with zero attached hydrogens (tertiary/aromatic N) is 5. The van der Waals surface area contributed by atoms with E-state index < -0.39 is 10.0 Å². The van der Waals surface area contributed by atoms with Crippen LogP contribution in [-0.2, 0) is 16.6 Å². The van der Waals surface area contributed by atoms with E-state index in [-0.39, 0.29) is 30.1 Å². The molecule has 0 radical (unpaired) electrons. The van der Waals surface area contributed by atoms with Crippen molar-refractivity contribution in [2.45, 2.75) is 51.1 Å². The highest BCUT2D eigenvalue weighted by Gasteiger charge is 2.32. The average Bonchev–Trinajstić information content (AvgIpc) is 3.20. The zero-order valence-electron chi connectivity index (χ0n) is 15.9. The van der Waals surface area contributed by atoms with Gasteiger partial charge in [-0.1, -0.05) is 11.3 Å². The minimum Gasteiger partial charge on any atom is -0.371 e. The van der Waals surface area contributed by atoms with Crippen LogP contribution in [0.25, 0.3) is 0 Å². The number of nitrogens with one attached hydrogen (secondary N) is 1. The van der Waals surface area contributed by atoms with Crippen molar-refractivity contribution in [3.8, 4) is 0 Å². The predicted molar refractivity (Wildman–Crippen MR) is 103 cm³/mol. The lowest BCUT2D eigenvalue weighted by Gasteiger charge is -2.34. The summed E-state index contributed by atoms with van der Waals surface area (Å²) in [5.74, 6) is 0.792. The molecule has 1 N–H and O–H groups in total. The van der Waals surface area contributed by atoms with E-state index in [1.165, 1.54) is 10.4 Å². The first-order valence-electron chi connectivity index (χ1n) is 9.70. The van der Waals surface area contributed by atoms with Crippen LogP contribution in [0.15, 0.2) is 18.2 Å². The quantitative estimate of drug-likeness (QED) is 0.832. The highest BCUT2D eigenvalue weighted by atomic mass is 32.2. The molecule has 2 aliphatic rings. The first-order chi connectivity index (χ1) is 13.4. The van der Waals surface area contributed by atoms with Crippen LogP contribution in [-0.4, -0.2) is 58.2 Å². The number of aromatic nitrogens is 4. The van der Waals surface area contributed by atoms with Crippen LogP contribution in [0.5, 0.6) is 0 Å². The monoisotopic (exact) mass is 408 g/mol. The smallest absolute Gasteiger partial charge is 0.214 e. The molecule has 2 fully saturated rings. The Hall–Kier alpha value is -2.07. The molecule has 8 nitrogen and oxygen atoms in total. The van der Waals surface area contributed by atoms with Gasteiger partial charge in [-0.15, -0.1) is 10.2 Å². The molecular formula is C18H25FN6O2S. The Morgan fingerprint density at radius 2 is 2.04 bits per heavy atom. The number of hydrogen-bond acceptors (Lipinski definition) is 6. The normalized spacial score (nSPS) is 23.8. The summed E-state index contributed by atoms with van der Waals surface area (Å²) in [7, 11) is -3.31. The minimum absolute atomic E-state index is 0.0928. The Kier molecular flexibility index (Phi) is 5.33. The van der Waals surface area contributed by atoms with E-state index in [0.29, 0.717) is 12.0 Å². The van der Waals surface area contributed by atoms with Crippen LogP contribution < -0.4 is 4.90 Å². The predicted octanol–water partition coefficient (Wildman–Crippen LogP) is 2.04. The number of H-pyrrole nitrogens is 1. The molecule has 0 bridgehead atoms. The number of aromatic amines is 1. The van der Waals surface area contributed by atoms with Gasteiger partial charge >= 0.3 is 0 Å². The van der Waals surface area contributed by atoms with Crippen LogP contribution in [0.3, 0.4) is 0 Å². The van der Waals surface area contributed by atoms with Crippen LogP contribution in [0.4, 0.5) is 10.1 Å². The van der Waals surface area contributed by atoms with Crippen molar-refractivity contribution < 1.29 is 12.8 Å². The van der Waals surface area contributed by atoms with Crippen LogP contribution in [0.1, 0.15) is 49.9 Å². The van der Waals surface area contributed by atoms with E-state index in [9.17, 15) is 12.8 Å². The van der Waals surface area contributed by atoms with Crippen molar-refractivity contribution >= 4 is 15.7 Å². The SMILES string of the molecule is CC1CCCS(=O)(=O)N1Cc1ccc(N2CCC(c3nn[nH]n3)CC2)cc1F. The third kappa shape index (κ3) is 3.88. The summed E-state index contributed by atoms with van der Waals surface area (Å²) in [4.78, 5) is 2.14. The largest absolute Gasteiger partial charge is 0.371 e. The first-order valence-corrected chi connectivity index (χ1v) is 11.3. The molecule has 1 aromatic heterocycles. The van der Waals surface area contributed by atoms with Crippen LogP contribution >= 0.6 is 0 Å². The van der Waals surface area contributed by atoms with Crippen molar-refractivity contribution in [3.05, 3.63) is 35.4 Å². The van der Waals surface area contributed by atoms with Crippen LogP contribution in [0, 0.1) is 5.82 Å². The lowest BCUT2D eigenvalue weighted by Crippen LogP contribution is -2.43. The molecule has 1 aromatic carbocycles. The number of sulfonamides is 1. The van der Waals surface area contributed by atoms with E-state index in [0.717, 1.165) is 43.9 Å². The summed E-state index contributed by atoms with van der Waals surface area (Å²) in [6.07, 6.45) is 3.24. The third-order valence-corrected chi connectivity index (χ3v) is 7.83. The lowest BCUT2D eigenvalue weighted by atomic mass is 9.96. The van der Waals surface area contributed by atoms with Gasteiger partial charge in [-0.2, -0.15) is 9.52 Å². The van der Waals surface area contributed by atoms with Gasteiger partial charge in [0.05, 0.1) is 5.75 Å². The number of halogens is 1. The van der Waals surface area contributed by atoms with Crippen molar-refractivity contribution in [2.75, 3.05) is 23.7 Å². The summed E-state index contributed by atoms with van der Waals surface area (Å²) >= 11 is 0. The molecule has 2 saturated heterocycles. The fraction of sp³-hybridized carbons (Fsp3) is 0.611. The second-order valence-corrected chi connectivity index (χ2v) is 9.70. The van der Waals surface area contributed by atoms with E-state index in [4.69, 9.17) is 0 Å². The number of hydrogen-bond donors (Lipinski definition) is 1. The summed E-state index contributed by atoms with van der Waals surface area (Å²) in [5.41, 5.74) is 1.24. The van der Waals surface area contributed by atoms with E-state index in [1.807, 2.05) is 13.0 Å². The molecule has 0 aliphatic carbocycles. The highest BCUT2D eigenvalue weighted by molar-refractivity contribution is 7.89. The zero-order chi connectivity index (χ0) is 19.7. The Labute approximate surface area is 164 Å². The topological polar surface area (TPSA) is 95.1 Å². The second kappa shape index (κ2) is 7.75. The maximum Gasteiger partial charge on any atom is 0.214 e. The van der Waals surface area contributed by atoms with Crippen molar-refractivity contribution in [1.29, 1.82) is 0 Å². The van der Waals surface area contributed by atoms with Gasteiger partial charge < -0.3 is 4.90 Å². The van der Waals surface area contributed by atoms with Gasteiger partial charge in [0.15, 0.2) is 5.82 Å². The summed E-state index contributed by atoms with van der Waals surface area (Å²) < 4.78 is 40.9. The van der Waals surface area contributed by atoms with Crippen molar-refractivity contribution in [1.82, 2.24) is 24.9 Å². The molecule has 4 rings (SSSR count). The van der Waals surface area contributed by atoms with Gasteiger partial charge in [0.25, 0.3) is 0 Å². The van der Waals surface area contributed by atoms with Gasteiger partial charge in [-0.05, 0) is 44.7 Å². The molecular weight excluding hydrogens is 383 g/mol. The molecule has 0 saturated carbocycles. The summed E-state index contributed by atoms with van der Waals surface area (Å²) in [6.45, 7) is 3.55. The van der Waals surface area contributed by atoms with E-state index in [1.54, 1.807) is 6.07 Å². The summed E-state index contributed by atoms with van der Waals surface area (Å²) in [6, 6.07) is 5.02. The molecule has 1 unspecified atom stereocenters. The zero-order valence-corrected chi connectivity index (χ0v) is 16.7. The molecule has 152 valence electrons. The maximum absolute atomic E-state index is 14.8. The van der Waals surface area contributed by atoms with Gasteiger partial charge in [0.2, 0.25) is 10.0 Å². The number of tetrazole rings is 1. The Balaban J connectivity index is 1.43. The second-order valence-electron chi connectivity index (χ2n) is 7.66. The standard InChI is InChI=1S/C18H25FN6O2S/c1-13-3-2-10-28(26,27)25(13)12-15-4-5-16(11-17(15)19)24-8-6-14(7-9-24)18-20-22-23-21-18/h4-5,11,13-14H,2-3,6-10,12H2,1H3,(H,20,21,22,23). The fourth-order valence-corrected chi connectivity index (χ4v) is 5.87. The Morgan fingerprint density at radius 1 is 1.25 bits per heavy atom. The van der Waals surface area contributed by atoms with Gasteiger partial charge in [0, 0.05) is 42.8 Å².